The van der Waals surface area contributed by atoms with Crippen molar-refractivity contribution < 1.29 is 9.84 Å². The van der Waals surface area contributed by atoms with Gasteiger partial charge in [-0.3, -0.25) is 4.98 Å². The van der Waals surface area contributed by atoms with E-state index >= 15 is 0 Å². The molecule has 0 amide bonds. The van der Waals surface area contributed by atoms with E-state index in [0.29, 0.717) is 18.9 Å². The maximum absolute atomic E-state index is 10.6. The smallest absolute Gasteiger partial charge is 0.0794 e. The molecule has 2 heterocycles. The van der Waals surface area contributed by atoms with Crippen molar-refractivity contribution in [3.05, 3.63) is 16.6 Å². The molecule has 0 radical (unpaired) electrons. The van der Waals surface area contributed by atoms with Crippen LogP contribution in [-0.4, -0.2) is 28.4 Å². The Bertz CT molecular complexity index is 326. The fourth-order valence-corrected chi connectivity index (χ4v) is 2.91. The Hall–Kier alpha value is -0.450. The quantitative estimate of drug-likeness (QED) is 0.882. The number of hydrogen-bond donors (Lipinski definition) is 1. The van der Waals surface area contributed by atoms with E-state index in [1.165, 1.54) is 0 Å². The van der Waals surface area contributed by atoms with Gasteiger partial charge in [-0.15, -0.1) is 11.3 Å². The van der Waals surface area contributed by atoms with Gasteiger partial charge in [0, 0.05) is 30.5 Å². The lowest BCUT2D eigenvalue weighted by molar-refractivity contribution is -0.116. The highest BCUT2D eigenvalue weighted by Crippen LogP contribution is 2.32. The molecule has 90 valence electrons. The van der Waals surface area contributed by atoms with Crippen molar-refractivity contribution in [2.45, 2.75) is 44.8 Å². The van der Waals surface area contributed by atoms with Crippen molar-refractivity contribution in [1.29, 1.82) is 0 Å². The molecule has 0 spiro atoms. The van der Waals surface area contributed by atoms with Crippen LogP contribution < -0.4 is 0 Å². The molecule has 1 aromatic rings. The average molecular weight is 241 g/mol. The van der Waals surface area contributed by atoms with Gasteiger partial charge >= 0.3 is 0 Å². The molecule has 3 nitrogen and oxygen atoms in total. The Morgan fingerprint density at radius 1 is 1.69 bits per heavy atom. The molecule has 2 atom stereocenters. The number of aromatic nitrogens is 1. The summed E-state index contributed by atoms with van der Waals surface area (Å²) in [5, 5.41) is 10.6. The van der Waals surface area contributed by atoms with Crippen molar-refractivity contribution >= 4 is 11.3 Å². The fourth-order valence-electron chi connectivity index (χ4n) is 2.18. The summed E-state index contributed by atoms with van der Waals surface area (Å²) in [7, 11) is 0. The summed E-state index contributed by atoms with van der Waals surface area (Å²) in [5.41, 5.74) is 1.22. The molecule has 16 heavy (non-hydrogen) atoms. The molecule has 0 aliphatic carbocycles. The molecule has 0 bridgehead atoms. The second kappa shape index (κ2) is 4.82. The second-order valence-electron chi connectivity index (χ2n) is 4.98. The first-order valence-corrected chi connectivity index (χ1v) is 6.68. The molecule has 1 fully saturated rings. The molecule has 1 aliphatic rings. The number of aliphatic hydroxyl groups is 1. The zero-order valence-electron chi connectivity index (χ0n) is 9.85. The molecular weight excluding hydrogens is 222 g/mol. The van der Waals surface area contributed by atoms with Gasteiger partial charge in [0.25, 0.3) is 0 Å². The minimum Gasteiger partial charge on any atom is -0.389 e. The summed E-state index contributed by atoms with van der Waals surface area (Å²) in [6.45, 7) is 4.95. The molecule has 1 aliphatic heterocycles. The van der Waals surface area contributed by atoms with Crippen LogP contribution in [0, 0.1) is 5.92 Å². The zero-order chi connectivity index (χ0) is 11.6. The first-order valence-electron chi connectivity index (χ1n) is 5.80. The second-order valence-corrected chi connectivity index (χ2v) is 5.95. The van der Waals surface area contributed by atoms with Crippen LogP contribution in [0.5, 0.6) is 0 Å². The van der Waals surface area contributed by atoms with E-state index < -0.39 is 5.60 Å². The van der Waals surface area contributed by atoms with Crippen molar-refractivity contribution in [3.63, 3.8) is 0 Å². The van der Waals surface area contributed by atoms with Gasteiger partial charge in [-0.1, -0.05) is 13.8 Å². The maximum Gasteiger partial charge on any atom is 0.0794 e. The minimum atomic E-state index is -0.597. The van der Waals surface area contributed by atoms with Crippen LogP contribution >= 0.6 is 11.3 Å². The molecule has 4 heteroatoms. The summed E-state index contributed by atoms with van der Waals surface area (Å²) >= 11 is 1.61. The molecule has 0 aromatic carbocycles. The molecule has 0 saturated carbocycles. The lowest BCUT2D eigenvalue weighted by atomic mass is 9.84. The Morgan fingerprint density at radius 2 is 2.50 bits per heavy atom. The molecule has 1 aromatic heterocycles. The third-order valence-electron chi connectivity index (χ3n) is 3.21. The Balaban J connectivity index is 2.01. The van der Waals surface area contributed by atoms with E-state index in [9.17, 15) is 5.11 Å². The van der Waals surface area contributed by atoms with Gasteiger partial charge in [0.2, 0.25) is 0 Å². The largest absolute Gasteiger partial charge is 0.389 e. The highest BCUT2D eigenvalue weighted by atomic mass is 32.1. The van der Waals surface area contributed by atoms with Gasteiger partial charge < -0.3 is 9.84 Å². The van der Waals surface area contributed by atoms with E-state index in [1.54, 1.807) is 11.3 Å². The number of rotatable bonds is 3. The molecule has 2 rings (SSSR count). The number of nitrogens with zero attached hydrogens (tertiary/aromatic N) is 1. The minimum absolute atomic E-state index is 0.187. The van der Waals surface area contributed by atoms with E-state index in [4.69, 9.17) is 4.74 Å². The van der Waals surface area contributed by atoms with Crippen LogP contribution in [-0.2, 0) is 11.2 Å². The van der Waals surface area contributed by atoms with Gasteiger partial charge in [0.1, 0.15) is 0 Å². The monoisotopic (exact) mass is 241 g/mol. The third-order valence-corrected chi connectivity index (χ3v) is 3.99. The molecular formula is C12H19NO2S. The van der Waals surface area contributed by atoms with Gasteiger partial charge in [-0.05, 0) is 12.3 Å². The highest BCUT2D eigenvalue weighted by Gasteiger charge is 2.36. The van der Waals surface area contributed by atoms with Crippen molar-refractivity contribution in [2.24, 2.45) is 5.92 Å². The van der Waals surface area contributed by atoms with Gasteiger partial charge in [0.15, 0.2) is 0 Å². The van der Waals surface area contributed by atoms with E-state index in [2.05, 4.69) is 18.8 Å². The van der Waals surface area contributed by atoms with Crippen LogP contribution in [0.2, 0.25) is 0 Å². The highest BCUT2D eigenvalue weighted by molar-refractivity contribution is 7.09. The lowest BCUT2D eigenvalue weighted by Crippen LogP contribution is -2.44. The van der Waals surface area contributed by atoms with Gasteiger partial charge in [0.05, 0.1) is 17.2 Å². The fraction of sp³-hybridized carbons (Fsp3) is 0.750. The van der Waals surface area contributed by atoms with E-state index in [1.807, 2.05) is 11.7 Å². The van der Waals surface area contributed by atoms with Crippen LogP contribution in [0.3, 0.4) is 0 Å². The Kier molecular flexibility index (Phi) is 3.62. The maximum atomic E-state index is 10.6. The third kappa shape index (κ3) is 2.81. The normalized spacial score (nSPS) is 30.9. The molecule has 1 N–H and O–H groups in total. The predicted molar refractivity (Wildman–Crippen MR) is 64.6 cm³/mol. The van der Waals surface area contributed by atoms with Crippen molar-refractivity contribution in [3.8, 4) is 0 Å². The summed E-state index contributed by atoms with van der Waals surface area (Å²) in [4.78, 5) is 5.21. The van der Waals surface area contributed by atoms with Crippen LogP contribution in [0.1, 0.15) is 31.6 Å². The zero-order valence-corrected chi connectivity index (χ0v) is 10.7. The standard InChI is InChI=1S/C12H19NO2S/c1-9(2)11-6-12(14,3-4-15-11)5-10-7-13-8-16-10/h7-9,11,14H,3-6H2,1-2H3. The van der Waals surface area contributed by atoms with Gasteiger partial charge in [-0.2, -0.15) is 0 Å². The van der Waals surface area contributed by atoms with E-state index in [0.717, 1.165) is 17.7 Å². The summed E-state index contributed by atoms with van der Waals surface area (Å²) in [5.74, 6) is 0.466. The van der Waals surface area contributed by atoms with Crippen molar-refractivity contribution in [2.75, 3.05) is 6.61 Å². The van der Waals surface area contributed by atoms with Crippen molar-refractivity contribution in [1.82, 2.24) is 4.98 Å². The predicted octanol–water partition coefficient (Wildman–Crippen LogP) is 2.25. The van der Waals surface area contributed by atoms with Crippen LogP contribution in [0.4, 0.5) is 0 Å². The lowest BCUT2D eigenvalue weighted by Gasteiger charge is -2.38. The average Bonchev–Trinajstić information content (AvgIpc) is 2.69. The number of thiazole rings is 1. The Morgan fingerprint density at radius 3 is 3.12 bits per heavy atom. The summed E-state index contributed by atoms with van der Waals surface area (Å²) < 4.78 is 5.68. The first-order chi connectivity index (χ1) is 7.59. The summed E-state index contributed by atoms with van der Waals surface area (Å²) in [6, 6.07) is 0. The number of ether oxygens (including phenoxy) is 1. The SMILES string of the molecule is CC(C)C1CC(O)(Cc2cncs2)CCO1. The first kappa shape index (κ1) is 12.0. The topological polar surface area (TPSA) is 42.4 Å². The van der Waals surface area contributed by atoms with Crippen LogP contribution in [0.15, 0.2) is 11.7 Å². The summed E-state index contributed by atoms with van der Waals surface area (Å²) in [6.07, 6.45) is 4.22. The van der Waals surface area contributed by atoms with Gasteiger partial charge in [-0.25, -0.2) is 0 Å². The van der Waals surface area contributed by atoms with E-state index in [-0.39, 0.29) is 6.10 Å². The number of hydrogen-bond acceptors (Lipinski definition) is 4. The van der Waals surface area contributed by atoms with Crippen LogP contribution in [0.25, 0.3) is 0 Å². The molecule has 1 saturated heterocycles. The molecule has 2 unspecified atom stereocenters. The Labute approximate surface area is 100 Å².